The van der Waals surface area contributed by atoms with Crippen molar-refractivity contribution in [1.82, 2.24) is 0 Å². The lowest BCUT2D eigenvalue weighted by atomic mass is 10.0. The van der Waals surface area contributed by atoms with Gasteiger partial charge >= 0.3 is 5.97 Å². The Morgan fingerprint density at radius 3 is 1.15 bits per heavy atom. The van der Waals surface area contributed by atoms with Crippen molar-refractivity contribution in [2.75, 3.05) is 0 Å². The summed E-state index contributed by atoms with van der Waals surface area (Å²) in [6.07, 6.45) is 37.1. The number of carbonyl (C=O) groups excluding carboxylic acids is 1. The third-order valence-electron chi connectivity index (χ3n) is 8.23. The molecular formula is C36H72O3. The third-order valence-corrected chi connectivity index (χ3v) is 8.23. The van der Waals surface area contributed by atoms with E-state index >= 15 is 0 Å². The number of carbonyl (C=O) groups is 1. The van der Waals surface area contributed by atoms with Crippen LogP contribution in [-0.4, -0.2) is 17.4 Å². The van der Waals surface area contributed by atoms with Crippen molar-refractivity contribution in [2.24, 2.45) is 5.92 Å². The van der Waals surface area contributed by atoms with Gasteiger partial charge in [-0.2, -0.15) is 0 Å². The zero-order valence-electron chi connectivity index (χ0n) is 27.1. The molecule has 0 aromatic heterocycles. The number of hydrogen-bond donors (Lipinski definition) is 1. The summed E-state index contributed by atoms with van der Waals surface area (Å²) in [5, 5.41) is 10.0. The van der Waals surface area contributed by atoms with E-state index in [-0.39, 0.29) is 5.97 Å². The molecule has 0 amide bonds. The molecule has 0 aliphatic rings. The molecule has 3 heteroatoms. The van der Waals surface area contributed by atoms with Crippen LogP contribution >= 0.6 is 0 Å². The van der Waals surface area contributed by atoms with E-state index in [4.69, 9.17) is 4.74 Å². The molecule has 0 aliphatic carbocycles. The highest BCUT2D eigenvalue weighted by Crippen LogP contribution is 2.16. The Morgan fingerprint density at radius 1 is 0.487 bits per heavy atom. The molecule has 1 unspecified atom stereocenters. The molecule has 0 heterocycles. The van der Waals surface area contributed by atoms with Gasteiger partial charge in [0.15, 0.2) is 0 Å². The minimum Gasteiger partial charge on any atom is -0.436 e. The molecular weight excluding hydrogens is 480 g/mol. The minimum absolute atomic E-state index is 0.225. The Morgan fingerprint density at radius 2 is 0.795 bits per heavy atom. The molecule has 3 nitrogen and oxygen atoms in total. The largest absolute Gasteiger partial charge is 0.436 e. The van der Waals surface area contributed by atoms with Gasteiger partial charge in [-0.05, 0) is 18.8 Å². The Hall–Kier alpha value is -0.570. The number of aliphatic hydroxyl groups is 1. The van der Waals surface area contributed by atoms with E-state index in [0.717, 1.165) is 31.6 Å². The summed E-state index contributed by atoms with van der Waals surface area (Å²) in [4.78, 5) is 12.0. The van der Waals surface area contributed by atoms with Gasteiger partial charge in [0.2, 0.25) is 6.29 Å². The van der Waals surface area contributed by atoms with Crippen molar-refractivity contribution in [2.45, 2.75) is 220 Å². The zero-order chi connectivity index (χ0) is 28.7. The number of aliphatic hydroxyl groups excluding tert-OH is 1. The number of esters is 1. The summed E-state index contributed by atoms with van der Waals surface area (Å²) in [6, 6.07) is 0. The molecule has 0 fully saturated rings. The molecule has 0 saturated heterocycles. The summed E-state index contributed by atoms with van der Waals surface area (Å²) in [5.41, 5.74) is 0. The second kappa shape index (κ2) is 32.0. The van der Waals surface area contributed by atoms with Crippen molar-refractivity contribution in [3.8, 4) is 0 Å². The molecule has 0 saturated carbocycles. The van der Waals surface area contributed by atoms with Crippen LogP contribution in [-0.2, 0) is 9.53 Å². The Labute approximate surface area is 246 Å². The molecule has 39 heavy (non-hydrogen) atoms. The molecule has 0 aliphatic heterocycles. The van der Waals surface area contributed by atoms with Crippen LogP contribution in [0.1, 0.15) is 213 Å². The van der Waals surface area contributed by atoms with Crippen LogP contribution in [0.2, 0.25) is 0 Å². The lowest BCUT2D eigenvalue weighted by molar-refractivity contribution is -0.168. The lowest BCUT2D eigenvalue weighted by Gasteiger charge is -2.12. The Kier molecular flexibility index (Phi) is 31.5. The first kappa shape index (κ1) is 38.4. The molecule has 0 aromatic rings. The van der Waals surface area contributed by atoms with E-state index in [2.05, 4.69) is 20.8 Å². The molecule has 234 valence electrons. The number of rotatable bonds is 32. The van der Waals surface area contributed by atoms with Crippen LogP contribution in [0.25, 0.3) is 0 Å². The molecule has 1 N–H and O–H groups in total. The van der Waals surface area contributed by atoms with Crippen LogP contribution in [0.4, 0.5) is 0 Å². The first-order valence-electron chi connectivity index (χ1n) is 17.9. The summed E-state index contributed by atoms with van der Waals surface area (Å²) < 4.78 is 5.20. The van der Waals surface area contributed by atoms with E-state index in [0.29, 0.717) is 12.8 Å². The van der Waals surface area contributed by atoms with Gasteiger partial charge in [-0.1, -0.05) is 188 Å². The van der Waals surface area contributed by atoms with Crippen molar-refractivity contribution in [1.29, 1.82) is 0 Å². The zero-order valence-corrected chi connectivity index (χ0v) is 27.1. The van der Waals surface area contributed by atoms with Crippen molar-refractivity contribution >= 4 is 5.97 Å². The van der Waals surface area contributed by atoms with Gasteiger partial charge in [-0.3, -0.25) is 4.79 Å². The van der Waals surface area contributed by atoms with Crippen LogP contribution in [0.3, 0.4) is 0 Å². The maximum Gasteiger partial charge on any atom is 0.308 e. The van der Waals surface area contributed by atoms with Crippen LogP contribution < -0.4 is 0 Å². The van der Waals surface area contributed by atoms with E-state index < -0.39 is 6.29 Å². The molecule has 0 aromatic carbocycles. The number of unbranched alkanes of at least 4 members (excludes halogenated alkanes) is 25. The van der Waals surface area contributed by atoms with E-state index in [1.807, 2.05) is 0 Å². The van der Waals surface area contributed by atoms with Gasteiger partial charge in [0, 0.05) is 12.8 Å². The number of ether oxygens (including phenoxy) is 1. The topological polar surface area (TPSA) is 46.5 Å². The first-order valence-corrected chi connectivity index (χ1v) is 17.9. The van der Waals surface area contributed by atoms with Crippen molar-refractivity contribution in [3.63, 3.8) is 0 Å². The van der Waals surface area contributed by atoms with Crippen LogP contribution in [0.5, 0.6) is 0 Å². The lowest BCUT2D eigenvalue weighted by Crippen LogP contribution is -2.17. The van der Waals surface area contributed by atoms with Gasteiger partial charge < -0.3 is 9.84 Å². The quantitative estimate of drug-likeness (QED) is 0.0512. The minimum atomic E-state index is -0.908. The molecule has 0 radical (unpaired) electrons. The average molecular weight is 553 g/mol. The highest BCUT2D eigenvalue weighted by Gasteiger charge is 2.10. The summed E-state index contributed by atoms with van der Waals surface area (Å²) >= 11 is 0. The summed E-state index contributed by atoms with van der Waals surface area (Å²) in [6.45, 7) is 6.92. The van der Waals surface area contributed by atoms with E-state index in [9.17, 15) is 9.90 Å². The van der Waals surface area contributed by atoms with Crippen LogP contribution in [0, 0.1) is 5.92 Å². The fraction of sp³-hybridized carbons (Fsp3) is 0.972. The van der Waals surface area contributed by atoms with Gasteiger partial charge in [-0.15, -0.1) is 0 Å². The normalized spacial score (nSPS) is 12.3. The predicted molar refractivity (Wildman–Crippen MR) is 171 cm³/mol. The summed E-state index contributed by atoms with van der Waals surface area (Å²) in [5.74, 6) is 0.632. The Bertz CT molecular complexity index is 476. The predicted octanol–water partition coefficient (Wildman–Crippen LogP) is 12.2. The van der Waals surface area contributed by atoms with Gasteiger partial charge in [0.05, 0.1) is 0 Å². The van der Waals surface area contributed by atoms with E-state index in [1.165, 1.54) is 154 Å². The van der Waals surface area contributed by atoms with Gasteiger partial charge in [-0.25, -0.2) is 0 Å². The van der Waals surface area contributed by atoms with E-state index in [1.54, 1.807) is 0 Å². The maximum atomic E-state index is 12.0. The van der Waals surface area contributed by atoms with Gasteiger partial charge in [0.1, 0.15) is 0 Å². The first-order chi connectivity index (χ1) is 19.1. The second-order valence-electron chi connectivity index (χ2n) is 12.9. The molecule has 0 rings (SSSR count). The third kappa shape index (κ3) is 33.5. The van der Waals surface area contributed by atoms with Crippen molar-refractivity contribution in [3.05, 3.63) is 0 Å². The highest BCUT2D eigenvalue weighted by atomic mass is 16.6. The molecule has 1 atom stereocenters. The SMILES string of the molecule is CCCCCCCCCCCCCCCCCC(O)OC(=O)CCCCCCCCCCCCCCC(C)C. The monoisotopic (exact) mass is 553 g/mol. The molecule has 0 spiro atoms. The highest BCUT2D eigenvalue weighted by molar-refractivity contribution is 5.69. The number of hydrogen-bond acceptors (Lipinski definition) is 3. The average Bonchev–Trinajstić information content (AvgIpc) is 2.90. The molecule has 0 bridgehead atoms. The maximum absolute atomic E-state index is 12.0. The van der Waals surface area contributed by atoms with Gasteiger partial charge in [0.25, 0.3) is 0 Å². The smallest absolute Gasteiger partial charge is 0.308 e. The van der Waals surface area contributed by atoms with Crippen LogP contribution in [0.15, 0.2) is 0 Å². The fourth-order valence-electron chi connectivity index (χ4n) is 5.55. The Balaban J connectivity index is 3.28. The standard InChI is InChI=1S/C36H72O3/c1-4-5-6-7-8-9-10-11-12-13-17-20-23-26-29-32-35(37)39-36(38)33-30-27-24-21-18-15-14-16-19-22-25-28-31-34(2)3/h34-35,37H,4-33H2,1-3H3. The fourth-order valence-corrected chi connectivity index (χ4v) is 5.55. The summed E-state index contributed by atoms with van der Waals surface area (Å²) in [7, 11) is 0. The second-order valence-corrected chi connectivity index (χ2v) is 12.9. The van der Waals surface area contributed by atoms with Crippen molar-refractivity contribution < 1.29 is 14.6 Å².